The average Bonchev–Trinajstić information content (AvgIpc) is 3.26. The van der Waals surface area contributed by atoms with Crippen molar-refractivity contribution in [3.8, 4) is 0 Å². The first kappa shape index (κ1) is 23.3. The molecule has 180 valence electrons. The van der Waals surface area contributed by atoms with Gasteiger partial charge in [-0.25, -0.2) is 4.79 Å². The van der Waals surface area contributed by atoms with E-state index in [4.69, 9.17) is 0 Å². The molecule has 1 fully saturated rings. The second kappa shape index (κ2) is 10.0. The van der Waals surface area contributed by atoms with Gasteiger partial charge in [0.25, 0.3) is 0 Å². The predicted molar refractivity (Wildman–Crippen MR) is 141 cm³/mol. The molecule has 2 heterocycles. The average molecular weight is 468 g/mol. The Balaban J connectivity index is 1.36. The van der Waals surface area contributed by atoms with Crippen molar-refractivity contribution in [2.75, 3.05) is 19.6 Å². The lowest BCUT2D eigenvalue weighted by Crippen LogP contribution is -2.43. The van der Waals surface area contributed by atoms with Crippen molar-refractivity contribution in [1.82, 2.24) is 14.5 Å². The summed E-state index contributed by atoms with van der Waals surface area (Å²) in [6.07, 6.45) is 3.08. The Hall–Kier alpha value is -3.44. The number of piperidine rings is 1. The summed E-state index contributed by atoms with van der Waals surface area (Å²) in [5.74, 6) is 0.259. The van der Waals surface area contributed by atoms with E-state index in [2.05, 4.69) is 34.1 Å². The van der Waals surface area contributed by atoms with Crippen molar-refractivity contribution < 1.29 is 4.79 Å². The number of imidazole rings is 1. The second-order valence-electron chi connectivity index (χ2n) is 9.55. The molecule has 0 saturated carbocycles. The van der Waals surface area contributed by atoms with E-state index >= 15 is 0 Å². The van der Waals surface area contributed by atoms with Gasteiger partial charge in [0, 0.05) is 25.6 Å². The third kappa shape index (κ3) is 4.37. The summed E-state index contributed by atoms with van der Waals surface area (Å²) in [7, 11) is 0. The molecule has 1 saturated heterocycles. The standard InChI is InChI=1S/C30H33N3O2/c1-2-28(34)30(23-11-5-3-6-12-23,24-13-7-4-8-14-24)19-22-32-20-17-25(18-21-32)33-27-16-10-9-15-26(27)31-29(33)35/h3-16,25H,2,17-22H2,1H3,(H,31,35). The van der Waals surface area contributed by atoms with E-state index in [1.807, 2.05) is 72.2 Å². The Morgan fingerprint density at radius 2 is 1.46 bits per heavy atom. The number of carbonyl (C=O) groups is 1. The molecular formula is C30H33N3O2. The maximum atomic E-state index is 13.6. The largest absolute Gasteiger partial charge is 0.326 e. The number of benzene rings is 3. The molecule has 1 aromatic heterocycles. The topological polar surface area (TPSA) is 58.1 Å². The molecule has 1 N–H and O–H groups in total. The number of ketones is 1. The Morgan fingerprint density at radius 1 is 0.886 bits per heavy atom. The summed E-state index contributed by atoms with van der Waals surface area (Å²) in [5.41, 5.74) is 3.34. The van der Waals surface area contributed by atoms with E-state index in [1.54, 1.807) is 0 Å². The van der Waals surface area contributed by atoms with Crippen LogP contribution in [0.2, 0.25) is 0 Å². The van der Waals surface area contributed by atoms with Crippen LogP contribution >= 0.6 is 0 Å². The normalized spacial score (nSPS) is 15.5. The molecule has 0 atom stereocenters. The molecular weight excluding hydrogens is 434 g/mol. The summed E-state index contributed by atoms with van der Waals surface area (Å²) in [4.78, 5) is 31.7. The lowest BCUT2D eigenvalue weighted by molar-refractivity contribution is -0.123. The van der Waals surface area contributed by atoms with Crippen LogP contribution in [0, 0.1) is 0 Å². The highest BCUT2D eigenvalue weighted by Crippen LogP contribution is 2.38. The van der Waals surface area contributed by atoms with Crippen LogP contribution in [0.4, 0.5) is 0 Å². The molecule has 5 heteroatoms. The molecule has 1 aliphatic heterocycles. The van der Waals surface area contributed by atoms with Crippen molar-refractivity contribution in [1.29, 1.82) is 0 Å². The van der Waals surface area contributed by atoms with E-state index in [0.717, 1.165) is 61.1 Å². The Morgan fingerprint density at radius 3 is 2.06 bits per heavy atom. The molecule has 0 bridgehead atoms. The quantitative estimate of drug-likeness (QED) is 0.381. The summed E-state index contributed by atoms with van der Waals surface area (Å²) in [6, 6.07) is 28.6. The zero-order valence-corrected chi connectivity index (χ0v) is 20.3. The molecule has 0 spiro atoms. The van der Waals surface area contributed by atoms with Crippen molar-refractivity contribution in [3.05, 3.63) is 107 Å². The number of carbonyl (C=O) groups excluding carboxylic acids is 1. The third-order valence-corrected chi connectivity index (χ3v) is 7.68. The second-order valence-corrected chi connectivity index (χ2v) is 9.55. The molecule has 0 unspecified atom stereocenters. The first-order valence-electron chi connectivity index (χ1n) is 12.7. The molecule has 3 aromatic carbocycles. The monoisotopic (exact) mass is 467 g/mol. The molecule has 5 rings (SSSR count). The van der Waals surface area contributed by atoms with Crippen LogP contribution < -0.4 is 5.69 Å². The van der Waals surface area contributed by atoms with E-state index in [-0.39, 0.29) is 17.5 Å². The van der Waals surface area contributed by atoms with Gasteiger partial charge in [-0.2, -0.15) is 0 Å². The molecule has 0 radical (unpaired) electrons. The van der Waals surface area contributed by atoms with Gasteiger partial charge >= 0.3 is 5.69 Å². The van der Waals surface area contributed by atoms with Gasteiger partial charge in [-0.3, -0.25) is 9.36 Å². The van der Waals surface area contributed by atoms with Gasteiger partial charge in [-0.05, 0) is 49.1 Å². The number of aromatic nitrogens is 2. The number of nitrogens with one attached hydrogen (secondary N) is 1. The lowest BCUT2D eigenvalue weighted by Gasteiger charge is -2.38. The third-order valence-electron chi connectivity index (χ3n) is 7.68. The van der Waals surface area contributed by atoms with Gasteiger partial charge in [-0.15, -0.1) is 0 Å². The minimum absolute atomic E-state index is 0.0228. The van der Waals surface area contributed by atoms with Crippen molar-refractivity contribution in [2.45, 2.75) is 44.1 Å². The fraction of sp³-hybridized carbons (Fsp3) is 0.333. The van der Waals surface area contributed by atoms with Crippen LogP contribution in [0.25, 0.3) is 11.0 Å². The van der Waals surface area contributed by atoms with E-state index in [1.165, 1.54) is 0 Å². The minimum atomic E-state index is -0.651. The summed E-state index contributed by atoms with van der Waals surface area (Å²) in [6.45, 7) is 4.63. The number of para-hydroxylation sites is 2. The SMILES string of the molecule is CCC(=O)C(CCN1CCC(n2c(=O)[nH]c3ccccc32)CC1)(c1ccccc1)c1ccccc1. The predicted octanol–water partition coefficient (Wildman–Crippen LogP) is 5.32. The number of aromatic amines is 1. The Kier molecular flexibility index (Phi) is 6.69. The van der Waals surface area contributed by atoms with Gasteiger partial charge in [0.05, 0.1) is 16.4 Å². The van der Waals surface area contributed by atoms with Crippen LogP contribution in [0.3, 0.4) is 0 Å². The number of nitrogens with zero attached hydrogens (tertiary/aromatic N) is 2. The number of rotatable bonds is 8. The van der Waals surface area contributed by atoms with E-state index < -0.39 is 5.41 Å². The zero-order valence-electron chi connectivity index (χ0n) is 20.3. The zero-order chi connectivity index (χ0) is 24.3. The summed E-state index contributed by atoms with van der Waals surface area (Å²) >= 11 is 0. The number of likely N-dealkylation sites (tertiary alicyclic amines) is 1. The maximum Gasteiger partial charge on any atom is 0.326 e. The fourth-order valence-electron chi connectivity index (χ4n) is 5.83. The first-order chi connectivity index (χ1) is 17.1. The smallest absolute Gasteiger partial charge is 0.306 e. The number of hydrogen-bond donors (Lipinski definition) is 1. The molecule has 4 aromatic rings. The van der Waals surface area contributed by atoms with Gasteiger partial charge in [0.1, 0.15) is 5.78 Å². The van der Waals surface area contributed by atoms with Gasteiger partial charge in [0.15, 0.2) is 0 Å². The molecule has 0 aliphatic carbocycles. The number of Topliss-reactive ketones (excluding diaryl/α,β-unsaturated/α-hetero) is 1. The first-order valence-corrected chi connectivity index (χ1v) is 12.7. The lowest BCUT2D eigenvalue weighted by atomic mass is 9.68. The van der Waals surface area contributed by atoms with Crippen LogP contribution in [0.5, 0.6) is 0 Å². The van der Waals surface area contributed by atoms with E-state index in [9.17, 15) is 9.59 Å². The molecule has 35 heavy (non-hydrogen) atoms. The van der Waals surface area contributed by atoms with Crippen LogP contribution in [0.1, 0.15) is 49.8 Å². The minimum Gasteiger partial charge on any atom is -0.306 e. The highest BCUT2D eigenvalue weighted by molar-refractivity contribution is 5.93. The summed E-state index contributed by atoms with van der Waals surface area (Å²) < 4.78 is 1.94. The highest BCUT2D eigenvalue weighted by Gasteiger charge is 2.40. The van der Waals surface area contributed by atoms with Crippen molar-refractivity contribution in [2.24, 2.45) is 0 Å². The number of hydrogen-bond acceptors (Lipinski definition) is 3. The van der Waals surface area contributed by atoms with E-state index in [0.29, 0.717) is 6.42 Å². The van der Waals surface area contributed by atoms with Crippen LogP contribution in [-0.4, -0.2) is 39.9 Å². The molecule has 5 nitrogen and oxygen atoms in total. The number of H-pyrrole nitrogens is 1. The van der Waals surface area contributed by atoms with Crippen LogP contribution in [0.15, 0.2) is 89.7 Å². The van der Waals surface area contributed by atoms with Crippen molar-refractivity contribution in [3.63, 3.8) is 0 Å². The molecule has 0 amide bonds. The highest BCUT2D eigenvalue weighted by atomic mass is 16.1. The van der Waals surface area contributed by atoms with Gasteiger partial charge in [-0.1, -0.05) is 79.7 Å². The maximum absolute atomic E-state index is 13.6. The molecule has 1 aliphatic rings. The Bertz CT molecular complexity index is 1290. The Labute approximate surface area is 206 Å². The van der Waals surface area contributed by atoms with Crippen LogP contribution in [-0.2, 0) is 10.2 Å². The van der Waals surface area contributed by atoms with Gasteiger partial charge < -0.3 is 9.88 Å². The summed E-state index contributed by atoms with van der Waals surface area (Å²) in [5, 5.41) is 0. The van der Waals surface area contributed by atoms with Gasteiger partial charge in [0.2, 0.25) is 0 Å². The number of fused-ring (bicyclic) bond motifs is 1. The van der Waals surface area contributed by atoms with Crippen molar-refractivity contribution >= 4 is 16.8 Å². The fourth-order valence-corrected chi connectivity index (χ4v) is 5.83.